The lowest BCUT2D eigenvalue weighted by Crippen LogP contribution is -2.36. The smallest absolute Gasteiger partial charge is 0.227 e. The Hall–Kier alpha value is -0.870. The molecule has 0 fully saturated rings. The first-order valence-corrected chi connectivity index (χ1v) is 6.21. The summed E-state index contributed by atoms with van der Waals surface area (Å²) in [5, 5.41) is 8.83. The lowest BCUT2D eigenvalue weighted by Gasteiger charge is -2.29. The first kappa shape index (κ1) is 11.6. The van der Waals surface area contributed by atoms with Gasteiger partial charge >= 0.3 is 0 Å². The van der Waals surface area contributed by atoms with Gasteiger partial charge in [-0.2, -0.15) is 0 Å². The lowest BCUT2D eigenvalue weighted by atomic mass is 10.0. The highest BCUT2D eigenvalue weighted by Gasteiger charge is 2.23. The Balaban J connectivity index is 2.29. The van der Waals surface area contributed by atoms with Gasteiger partial charge in [0.25, 0.3) is 0 Å². The molecule has 1 N–H and O–H groups in total. The standard InChI is InChI=1S/C12H14BrNO2/c13-10-3-4-11-9(8-10)2-5-12(16)14(11)6-1-7-15/h3-4,8,15H,1-2,5-7H2. The minimum atomic E-state index is 0.121. The van der Waals surface area contributed by atoms with E-state index < -0.39 is 0 Å². The van der Waals surface area contributed by atoms with Crippen LogP contribution in [0.15, 0.2) is 22.7 Å². The zero-order valence-corrected chi connectivity index (χ0v) is 10.5. The first-order chi connectivity index (χ1) is 7.72. The number of carbonyl (C=O) groups is 1. The van der Waals surface area contributed by atoms with Gasteiger partial charge < -0.3 is 10.0 Å². The Bertz CT molecular complexity index is 406. The summed E-state index contributed by atoms with van der Waals surface area (Å²) in [6.45, 7) is 0.722. The highest BCUT2D eigenvalue weighted by Crippen LogP contribution is 2.30. The molecule has 86 valence electrons. The van der Waals surface area contributed by atoms with Crippen molar-refractivity contribution in [1.29, 1.82) is 0 Å². The molecule has 0 spiro atoms. The fraction of sp³-hybridized carbons (Fsp3) is 0.417. The molecule has 3 nitrogen and oxygen atoms in total. The number of aliphatic hydroxyl groups excluding tert-OH is 1. The summed E-state index contributed by atoms with van der Waals surface area (Å²) < 4.78 is 1.04. The van der Waals surface area contributed by atoms with Gasteiger partial charge in [-0.25, -0.2) is 0 Å². The summed E-state index contributed by atoms with van der Waals surface area (Å²) in [6, 6.07) is 5.98. The van der Waals surface area contributed by atoms with E-state index in [1.165, 1.54) is 5.56 Å². The van der Waals surface area contributed by atoms with E-state index in [4.69, 9.17) is 5.11 Å². The molecule has 1 aromatic carbocycles. The molecule has 1 amide bonds. The van der Waals surface area contributed by atoms with E-state index in [0.717, 1.165) is 16.6 Å². The van der Waals surface area contributed by atoms with Crippen molar-refractivity contribution in [3.63, 3.8) is 0 Å². The van der Waals surface area contributed by atoms with Crippen molar-refractivity contribution in [2.24, 2.45) is 0 Å². The van der Waals surface area contributed by atoms with E-state index in [0.29, 0.717) is 19.4 Å². The number of amides is 1. The van der Waals surface area contributed by atoms with E-state index in [2.05, 4.69) is 22.0 Å². The van der Waals surface area contributed by atoms with Gasteiger partial charge in [0, 0.05) is 29.7 Å². The Morgan fingerprint density at radius 1 is 1.38 bits per heavy atom. The van der Waals surface area contributed by atoms with Crippen LogP contribution in [0.3, 0.4) is 0 Å². The molecular formula is C12H14BrNO2. The maximum atomic E-state index is 11.8. The van der Waals surface area contributed by atoms with Crippen LogP contribution in [0.25, 0.3) is 0 Å². The Morgan fingerprint density at radius 3 is 2.94 bits per heavy atom. The SMILES string of the molecule is O=C1CCc2cc(Br)ccc2N1CCCO. The third kappa shape index (κ3) is 2.28. The first-order valence-electron chi connectivity index (χ1n) is 5.42. The molecule has 4 heteroatoms. The number of anilines is 1. The summed E-state index contributed by atoms with van der Waals surface area (Å²) in [5.74, 6) is 0.156. The molecule has 1 aliphatic heterocycles. The van der Waals surface area contributed by atoms with E-state index in [1.54, 1.807) is 4.90 Å². The molecule has 0 unspecified atom stereocenters. The Labute approximate surface area is 103 Å². The predicted octanol–water partition coefficient (Wildman–Crippen LogP) is 2.11. The zero-order valence-electron chi connectivity index (χ0n) is 8.95. The molecule has 0 radical (unpaired) electrons. The van der Waals surface area contributed by atoms with Crippen LogP contribution in [0.1, 0.15) is 18.4 Å². The average molecular weight is 284 g/mol. The number of hydrogen-bond donors (Lipinski definition) is 1. The van der Waals surface area contributed by atoms with Crippen molar-refractivity contribution < 1.29 is 9.90 Å². The molecule has 0 aliphatic carbocycles. The van der Waals surface area contributed by atoms with E-state index in [9.17, 15) is 4.79 Å². The number of fused-ring (bicyclic) bond motifs is 1. The number of carbonyl (C=O) groups excluding carboxylic acids is 1. The van der Waals surface area contributed by atoms with Crippen LogP contribution in [0.5, 0.6) is 0 Å². The average Bonchev–Trinajstić information content (AvgIpc) is 2.28. The van der Waals surface area contributed by atoms with Crippen molar-refractivity contribution in [3.8, 4) is 0 Å². The highest BCUT2D eigenvalue weighted by atomic mass is 79.9. The van der Waals surface area contributed by atoms with E-state index in [-0.39, 0.29) is 12.5 Å². The summed E-state index contributed by atoms with van der Waals surface area (Å²) in [5.41, 5.74) is 2.19. The molecule has 0 saturated heterocycles. The van der Waals surface area contributed by atoms with E-state index >= 15 is 0 Å². The van der Waals surface area contributed by atoms with Crippen molar-refractivity contribution in [3.05, 3.63) is 28.2 Å². The van der Waals surface area contributed by atoms with Gasteiger partial charge in [-0.15, -0.1) is 0 Å². The maximum absolute atomic E-state index is 11.8. The van der Waals surface area contributed by atoms with Crippen molar-refractivity contribution in [2.75, 3.05) is 18.1 Å². The van der Waals surface area contributed by atoms with Crippen molar-refractivity contribution >= 4 is 27.5 Å². The number of aliphatic hydroxyl groups is 1. The highest BCUT2D eigenvalue weighted by molar-refractivity contribution is 9.10. The largest absolute Gasteiger partial charge is 0.396 e. The number of nitrogens with zero attached hydrogens (tertiary/aromatic N) is 1. The van der Waals surface area contributed by atoms with Crippen molar-refractivity contribution in [2.45, 2.75) is 19.3 Å². The number of hydrogen-bond acceptors (Lipinski definition) is 2. The molecule has 1 aromatic rings. The predicted molar refractivity (Wildman–Crippen MR) is 66.5 cm³/mol. The number of benzene rings is 1. The zero-order chi connectivity index (χ0) is 11.5. The molecule has 16 heavy (non-hydrogen) atoms. The Kier molecular flexibility index (Phi) is 3.61. The summed E-state index contributed by atoms with van der Waals surface area (Å²) >= 11 is 3.43. The van der Waals surface area contributed by atoms with Crippen LogP contribution >= 0.6 is 15.9 Å². The van der Waals surface area contributed by atoms with Crippen LogP contribution < -0.4 is 4.90 Å². The fourth-order valence-electron chi connectivity index (χ4n) is 2.00. The monoisotopic (exact) mass is 283 g/mol. The lowest BCUT2D eigenvalue weighted by molar-refractivity contribution is -0.118. The second kappa shape index (κ2) is 4.97. The topological polar surface area (TPSA) is 40.5 Å². The van der Waals surface area contributed by atoms with E-state index in [1.807, 2.05) is 12.1 Å². The van der Waals surface area contributed by atoms with Crippen LogP contribution in [0, 0.1) is 0 Å². The van der Waals surface area contributed by atoms with Crippen LogP contribution in [-0.4, -0.2) is 24.2 Å². The molecular weight excluding hydrogens is 270 g/mol. The molecule has 0 saturated carbocycles. The van der Waals surface area contributed by atoms with Gasteiger partial charge in [0.15, 0.2) is 0 Å². The molecule has 1 heterocycles. The van der Waals surface area contributed by atoms with Crippen LogP contribution in [0.4, 0.5) is 5.69 Å². The van der Waals surface area contributed by atoms with Crippen LogP contribution in [0.2, 0.25) is 0 Å². The quantitative estimate of drug-likeness (QED) is 0.923. The summed E-state index contributed by atoms with van der Waals surface area (Å²) in [4.78, 5) is 13.6. The fourth-order valence-corrected chi connectivity index (χ4v) is 2.41. The van der Waals surface area contributed by atoms with Gasteiger partial charge in [-0.3, -0.25) is 4.79 Å². The van der Waals surface area contributed by atoms with Gasteiger partial charge in [0.05, 0.1) is 0 Å². The van der Waals surface area contributed by atoms with Gasteiger partial charge in [0.1, 0.15) is 0 Å². The molecule has 0 aromatic heterocycles. The summed E-state index contributed by atoms with van der Waals surface area (Å²) in [7, 11) is 0. The minimum absolute atomic E-state index is 0.121. The van der Waals surface area contributed by atoms with Gasteiger partial charge in [-0.1, -0.05) is 15.9 Å². The number of halogens is 1. The Morgan fingerprint density at radius 2 is 2.19 bits per heavy atom. The number of aryl methyl sites for hydroxylation is 1. The van der Waals surface area contributed by atoms with Gasteiger partial charge in [-0.05, 0) is 36.6 Å². The molecule has 2 rings (SSSR count). The molecule has 1 aliphatic rings. The second-order valence-electron chi connectivity index (χ2n) is 3.90. The normalized spacial score (nSPS) is 15.1. The minimum Gasteiger partial charge on any atom is -0.396 e. The third-order valence-corrected chi connectivity index (χ3v) is 3.27. The van der Waals surface area contributed by atoms with Gasteiger partial charge in [0.2, 0.25) is 5.91 Å². The van der Waals surface area contributed by atoms with Crippen molar-refractivity contribution in [1.82, 2.24) is 0 Å². The third-order valence-electron chi connectivity index (χ3n) is 2.78. The molecule has 0 atom stereocenters. The second-order valence-corrected chi connectivity index (χ2v) is 4.81. The maximum Gasteiger partial charge on any atom is 0.227 e. The van der Waals surface area contributed by atoms with Crippen LogP contribution in [-0.2, 0) is 11.2 Å². The summed E-state index contributed by atoms with van der Waals surface area (Å²) in [6.07, 6.45) is 2.00. The molecule has 0 bridgehead atoms. The number of rotatable bonds is 3.